The Balaban J connectivity index is 1.32. The molecule has 2 N–H and O–H groups in total. The topological polar surface area (TPSA) is 76.1 Å². The third-order valence-corrected chi connectivity index (χ3v) is 6.92. The van der Waals surface area contributed by atoms with E-state index in [1.165, 1.54) is 12.1 Å². The van der Waals surface area contributed by atoms with E-state index in [1.54, 1.807) is 0 Å². The van der Waals surface area contributed by atoms with Crippen LogP contribution in [0.3, 0.4) is 0 Å². The molecule has 2 aliphatic heterocycles. The van der Waals surface area contributed by atoms with Crippen molar-refractivity contribution in [2.45, 2.75) is 38.5 Å². The molecule has 1 aromatic rings. The molecule has 196 valence electrons. The number of Topliss-reactive ketones (excluding diaryl/α,β-unsaturated/α-hetero) is 1. The van der Waals surface area contributed by atoms with Gasteiger partial charge in [-0.2, -0.15) is 13.2 Å². The molecular formula is C25H37F3N4O3. The first kappa shape index (κ1) is 27.6. The van der Waals surface area contributed by atoms with E-state index in [2.05, 4.69) is 20.0 Å². The molecule has 10 heteroatoms. The quantitative estimate of drug-likeness (QED) is 0.487. The number of likely N-dealkylation sites (tertiary alicyclic amines) is 1. The van der Waals surface area contributed by atoms with Crippen molar-refractivity contribution in [3.05, 3.63) is 35.4 Å². The Bertz CT molecular complexity index is 843. The second-order valence-electron chi connectivity index (χ2n) is 9.66. The van der Waals surface area contributed by atoms with Crippen LogP contribution in [-0.2, 0) is 11.0 Å². The largest absolute Gasteiger partial charge is 0.416 e. The minimum Gasteiger partial charge on any atom is -0.392 e. The fourth-order valence-electron chi connectivity index (χ4n) is 4.70. The van der Waals surface area contributed by atoms with Crippen molar-refractivity contribution in [3.8, 4) is 0 Å². The highest BCUT2D eigenvalue weighted by molar-refractivity contribution is 5.96. The Morgan fingerprint density at radius 2 is 1.77 bits per heavy atom. The van der Waals surface area contributed by atoms with E-state index in [0.29, 0.717) is 6.42 Å². The van der Waals surface area contributed by atoms with Crippen molar-refractivity contribution >= 4 is 11.7 Å². The second kappa shape index (κ2) is 12.8. The number of carbonyl (C=O) groups is 2. The number of aliphatic hydroxyl groups excluding tert-OH is 1. The molecule has 2 atom stereocenters. The maximum Gasteiger partial charge on any atom is 0.416 e. The lowest BCUT2D eigenvalue weighted by Crippen LogP contribution is -2.50. The van der Waals surface area contributed by atoms with Gasteiger partial charge in [0.05, 0.1) is 18.2 Å². The standard InChI is InChI=1S/C25H37F3N4O3/c1-2-22(33)18-32-12-9-30(10-13-32)8-11-31-7-6-19(17-31)14-23(34)16-29-24(35)20-4-3-5-21(15-20)25(26,27)28/h3-5,15,19,22,33H,2,6-14,16-18H2,1H3,(H,29,35). The summed E-state index contributed by atoms with van der Waals surface area (Å²) >= 11 is 0. The number of rotatable bonds is 11. The zero-order valence-corrected chi connectivity index (χ0v) is 20.4. The van der Waals surface area contributed by atoms with E-state index >= 15 is 0 Å². The van der Waals surface area contributed by atoms with Gasteiger partial charge >= 0.3 is 6.18 Å². The van der Waals surface area contributed by atoms with E-state index in [4.69, 9.17) is 0 Å². The Labute approximate surface area is 205 Å². The summed E-state index contributed by atoms with van der Waals surface area (Å²) in [6.45, 7) is 10.2. The minimum absolute atomic E-state index is 0.109. The molecule has 7 nitrogen and oxygen atoms in total. The van der Waals surface area contributed by atoms with Crippen LogP contribution in [0.15, 0.2) is 24.3 Å². The number of hydrogen-bond donors (Lipinski definition) is 2. The molecule has 0 aliphatic carbocycles. The molecule has 2 fully saturated rings. The van der Waals surface area contributed by atoms with Crippen molar-refractivity contribution in [2.75, 3.05) is 65.4 Å². The van der Waals surface area contributed by atoms with Crippen LogP contribution in [0.2, 0.25) is 0 Å². The highest BCUT2D eigenvalue weighted by Crippen LogP contribution is 2.29. The Kier molecular flexibility index (Phi) is 10.1. The Hall–Kier alpha value is -2.01. The van der Waals surface area contributed by atoms with Gasteiger partial charge in [0.2, 0.25) is 0 Å². The van der Waals surface area contributed by atoms with E-state index in [-0.39, 0.29) is 29.9 Å². The predicted molar refractivity (Wildman–Crippen MR) is 127 cm³/mol. The lowest BCUT2D eigenvalue weighted by molar-refractivity contribution is -0.137. The number of amides is 1. The Morgan fingerprint density at radius 1 is 1.09 bits per heavy atom. The zero-order valence-electron chi connectivity index (χ0n) is 20.4. The minimum atomic E-state index is -4.52. The van der Waals surface area contributed by atoms with E-state index < -0.39 is 17.6 Å². The van der Waals surface area contributed by atoms with Crippen LogP contribution in [-0.4, -0.2) is 103 Å². The number of halogens is 3. The first-order valence-corrected chi connectivity index (χ1v) is 12.5. The van der Waals surface area contributed by atoms with Crippen molar-refractivity contribution in [1.82, 2.24) is 20.0 Å². The fraction of sp³-hybridized carbons (Fsp3) is 0.680. The van der Waals surface area contributed by atoms with Crippen LogP contribution in [0.4, 0.5) is 13.2 Å². The summed E-state index contributed by atoms with van der Waals surface area (Å²) < 4.78 is 38.5. The number of nitrogens with one attached hydrogen (secondary N) is 1. The molecule has 2 heterocycles. The van der Waals surface area contributed by atoms with Crippen molar-refractivity contribution in [1.29, 1.82) is 0 Å². The zero-order chi connectivity index (χ0) is 25.4. The predicted octanol–water partition coefficient (Wildman–Crippen LogP) is 2.10. The molecule has 2 saturated heterocycles. The number of carbonyl (C=O) groups excluding carboxylic acids is 2. The molecule has 2 aliphatic rings. The molecule has 1 aromatic carbocycles. The van der Waals surface area contributed by atoms with Crippen LogP contribution in [0.1, 0.15) is 42.1 Å². The number of hydrogen-bond acceptors (Lipinski definition) is 6. The van der Waals surface area contributed by atoms with E-state index in [1.807, 2.05) is 6.92 Å². The summed E-state index contributed by atoms with van der Waals surface area (Å²) in [4.78, 5) is 31.7. The summed E-state index contributed by atoms with van der Waals surface area (Å²) in [5, 5.41) is 12.3. The third kappa shape index (κ3) is 8.86. The summed E-state index contributed by atoms with van der Waals surface area (Å²) in [5.74, 6) is -0.551. The average molecular weight is 499 g/mol. The van der Waals surface area contributed by atoms with Gasteiger partial charge in [-0.1, -0.05) is 13.0 Å². The molecule has 2 unspecified atom stereocenters. The molecule has 3 rings (SSSR count). The molecule has 0 saturated carbocycles. The smallest absolute Gasteiger partial charge is 0.392 e. The van der Waals surface area contributed by atoms with Gasteiger partial charge in [-0.05, 0) is 43.5 Å². The lowest BCUT2D eigenvalue weighted by Gasteiger charge is -2.36. The monoisotopic (exact) mass is 498 g/mol. The molecule has 0 spiro atoms. The average Bonchev–Trinajstić information content (AvgIpc) is 3.28. The number of nitrogens with zero attached hydrogens (tertiary/aromatic N) is 3. The second-order valence-corrected chi connectivity index (χ2v) is 9.66. The molecule has 1 amide bonds. The highest BCUT2D eigenvalue weighted by Gasteiger charge is 2.31. The van der Waals surface area contributed by atoms with Gasteiger partial charge < -0.3 is 15.3 Å². The first-order valence-electron chi connectivity index (χ1n) is 12.5. The summed E-state index contributed by atoms with van der Waals surface area (Å²) in [6.07, 6.45) is -2.71. The molecule has 35 heavy (non-hydrogen) atoms. The van der Waals surface area contributed by atoms with Crippen LogP contribution >= 0.6 is 0 Å². The fourth-order valence-corrected chi connectivity index (χ4v) is 4.70. The van der Waals surface area contributed by atoms with Gasteiger partial charge in [0, 0.05) is 64.3 Å². The van der Waals surface area contributed by atoms with Gasteiger partial charge in [-0.25, -0.2) is 0 Å². The van der Waals surface area contributed by atoms with Crippen LogP contribution in [0.5, 0.6) is 0 Å². The molecular weight excluding hydrogens is 461 g/mol. The normalized spacial score (nSPS) is 21.2. The van der Waals surface area contributed by atoms with Crippen LogP contribution < -0.4 is 5.32 Å². The summed E-state index contributed by atoms with van der Waals surface area (Å²) in [5.41, 5.74) is -0.998. The van der Waals surface area contributed by atoms with Gasteiger partial charge in [0.15, 0.2) is 5.78 Å². The first-order chi connectivity index (χ1) is 16.6. The van der Waals surface area contributed by atoms with Crippen LogP contribution in [0.25, 0.3) is 0 Å². The van der Waals surface area contributed by atoms with E-state index in [9.17, 15) is 27.9 Å². The summed E-state index contributed by atoms with van der Waals surface area (Å²) in [7, 11) is 0. The van der Waals surface area contributed by atoms with Crippen LogP contribution in [0, 0.1) is 5.92 Å². The third-order valence-electron chi connectivity index (χ3n) is 6.92. The van der Waals surface area contributed by atoms with E-state index in [0.717, 1.165) is 83.9 Å². The highest BCUT2D eigenvalue weighted by atomic mass is 19.4. The van der Waals surface area contributed by atoms with Gasteiger partial charge in [0.1, 0.15) is 0 Å². The number of piperazine rings is 1. The SMILES string of the molecule is CCC(O)CN1CCN(CCN2CCC(CC(=O)CNC(=O)c3cccc(C(F)(F)F)c3)C2)CC1. The number of benzene rings is 1. The number of β-amino-alcohol motifs (C(OH)–C–C–N with tert-alkyl or cyclic N) is 1. The van der Waals surface area contributed by atoms with Crippen molar-refractivity contribution in [2.24, 2.45) is 5.92 Å². The number of aliphatic hydroxyl groups is 1. The molecule has 0 aromatic heterocycles. The van der Waals surface area contributed by atoms with Gasteiger partial charge in [-0.3, -0.25) is 19.4 Å². The van der Waals surface area contributed by atoms with Gasteiger partial charge in [0.25, 0.3) is 5.91 Å². The van der Waals surface area contributed by atoms with Crippen molar-refractivity contribution in [3.63, 3.8) is 0 Å². The van der Waals surface area contributed by atoms with Gasteiger partial charge in [-0.15, -0.1) is 0 Å². The number of alkyl halides is 3. The molecule has 0 radical (unpaired) electrons. The summed E-state index contributed by atoms with van der Waals surface area (Å²) in [6, 6.07) is 4.19. The molecule has 0 bridgehead atoms. The Morgan fingerprint density at radius 3 is 2.46 bits per heavy atom. The lowest BCUT2D eigenvalue weighted by atomic mass is 10.0. The maximum atomic E-state index is 12.8. The maximum absolute atomic E-state index is 12.8. The number of ketones is 1. The van der Waals surface area contributed by atoms with Crippen molar-refractivity contribution < 1.29 is 27.9 Å².